The molecule has 19 heteroatoms. The average Bonchev–Trinajstić information content (AvgIpc) is 3.44. The van der Waals surface area contributed by atoms with Crippen LogP contribution in [0.25, 0.3) is 11.0 Å². The number of nitrogens with one attached hydrogen (secondary N) is 5. The molecule has 0 saturated heterocycles. The molecular formula is C31H35ClN6O12. The molecule has 18 nitrogen and oxygen atoms in total. The van der Waals surface area contributed by atoms with Crippen LogP contribution in [0.1, 0.15) is 65.8 Å². The molecule has 3 aromatic rings. The van der Waals surface area contributed by atoms with Gasteiger partial charge in [-0.3, -0.25) is 24.0 Å². The Balaban J connectivity index is 1.53. The van der Waals surface area contributed by atoms with E-state index in [0.29, 0.717) is 29.7 Å². The molecule has 0 aliphatic heterocycles. The van der Waals surface area contributed by atoms with E-state index in [2.05, 4.69) is 30.9 Å². The SMILES string of the molecule is Cc1nc2[nH]cc(CCc3ccc(C(=O)N[C@@H](CCC(=O)N[C@@H](CCC(=O)N[C@@H](CCC(=O)O)C(=O)O)C(=O)O)C(=O)O)c(Cl)c3)c2c(=O)[nH]1. The van der Waals surface area contributed by atoms with Gasteiger partial charge in [0.1, 0.15) is 29.6 Å². The molecular weight excluding hydrogens is 684 g/mol. The zero-order valence-electron chi connectivity index (χ0n) is 26.6. The fraction of sp³-hybridized carbons (Fsp3) is 0.387. The summed E-state index contributed by atoms with van der Waals surface area (Å²) in [6.45, 7) is 1.67. The number of benzene rings is 1. The third-order valence-electron chi connectivity index (χ3n) is 7.54. The van der Waals surface area contributed by atoms with Crippen LogP contribution in [0.3, 0.4) is 0 Å². The third-order valence-corrected chi connectivity index (χ3v) is 7.85. The van der Waals surface area contributed by atoms with E-state index >= 15 is 0 Å². The van der Waals surface area contributed by atoms with E-state index in [-0.39, 0.29) is 16.1 Å². The first-order valence-corrected chi connectivity index (χ1v) is 15.6. The number of aromatic amines is 2. The van der Waals surface area contributed by atoms with E-state index in [9.17, 15) is 48.6 Å². The molecule has 268 valence electrons. The number of H-pyrrole nitrogens is 2. The minimum absolute atomic E-state index is 0.0286. The number of fused-ring (bicyclic) bond motifs is 1. The van der Waals surface area contributed by atoms with Gasteiger partial charge in [0, 0.05) is 25.5 Å². The Morgan fingerprint density at radius 3 is 1.86 bits per heavy atom. The van der Waals surface area contributed by atoms with Gasteiger partial charge in [-0.05, 0) is 62.3 Å². The van der Waals surface area contributed by atoms with E-state index in [1.165, 1.54) is 12.1 Å². The predicted octanol–water partition coefficient (Wildman–Crippen LogP) is 0.745. The van der Waals surface area contributed by atoms with Gasteiger partial charge < -0.3 is 46.3 Å². The van der Waals surface area contributed by atoms with E-state index < -0.39 is 98.2 Å². The van der Waals surface area contributed by atoms with Gasteiger partial charge in [0.05, 0.1) is 16.0 Å². The van der Waals surface area contributed by atoms with Crippen molar-refractivity contribution in [3.05, 3.63) is 62.3 Å². The Kier molecular flexibility index (Phi) is 13.6. The number of carbonyl (C=O) groups excluding carboxylic acids is 3. The highest BCUT2D eigenvalue weighted by Crippen LogP contribution is 2.21. The van der Waals surface area contributed by atoms with Gasteiger partial charge in [0.25, 0.3) is 11.5 Å². The molecule has 2 aromatic heterocycles. The Morgan fingerprint density at radius 2 is 1.34 bits per heavy atom. The molecule has 2 heterocycles. The topological polar surface area (TPSA) is 298 Å². The first-order chi connectivity index (χ1) is 23.5. The summed E-state index contributed by atoms with van der Waals surface area (Å²) in [5.41, 5.74) is 1.62. The molecule has 0 radical (unpaired) electrons. The number of aromatic nitrogens is 3. The van der Waals surface area contributed by atoms with Crippen LogP contribution in [-0.2, 0) is 41.6 Å². The van der Waals surface area contributed by atoms with Crippen molar-refractivity contribution in [2.45, 2.75) is 76.4 Å². The molecule has 9 N–H and O–H groups in total. The van der Waals surface area contributed by atoms with Crippen LogP contribution < -0.4 is 21.5 Å². The fourth-order valence-electron chi connectivity index (χ4n) is 4.95. The Hall–Kier alpha value is -5.78. The standard InChI is InChI=1S/C31H35ClN6O12/c1-14-34-26-25(28(44)35-14)16(13-33-26)4-2-15-3-5-17(18(32)12-15)27(43)38-21(31(49)50)7-10-23(40)36-19(29(45)46)6-9-22(39)37-20(30(47)48)8-11-24(41)42/h3,5,12-13,19-21H,2,4,6-11H2,1H3,(H,36,40)(H,37,39)(H,38,43)(H,41,42)(H,45,46)(H,47,48)(H,49,50)(H2,33,34,35,44)/t19-,20-,21-/m0/s1. The average molecular weight is 719 g/mol. The molecule has 3 rings (SSSR count). The fourth-order valence-corrected chi connectivity index (χ4v) is 5.24. The summed E-state index contributed by atoms with van der Waals surface area (Å²) in [7, 11) is 0. The number of hydrogen-bond acceptors (Lipinski definition) is 9. The van der Waals surface area contributed by atoms with Crippen molar-refractivity contribution in [2.75, 3.05) is 0 Å². The number of hydrogen-bond donors (Lipinski definition) is 9. The number of carboxylic acid groups (broad SMARTS) is 4. The maximum absolute atomic E-state index is 12.9. The first kappa shape index (κ1) is 38.7. The number of rotatable bonds is 19. The van der Waals surface area contributed by atoms with Crippen molar-refractivity contribution >= 4 is 64.2 Å². The largest absolute Gasteiger partial charge is 0.481 e. The van der Waals surface area contributed by atoms with E-state index in [0.717, 1.165) is 11.1 Å². The van der Waals surface area contributed by atoms with Gasteiger partial charge in [-0.2, -0.15) is 0 Å². The maximum Gasteiger partial charge on any atom is 0.326 e. The highest BCUT2D eigenvalue weighted by Gasteiger charge is 2.27. The third kappa shape index (κ3) is 11.1. The summed E-state index contributed by atoms with van der Waals surface area (Å²) >= 11 is 6.34. The lowest BCUT2D eigenvalue weighted by Crippen LogP contribution is -2.45. The highest BCUT2D eigenvalue weighted by molar-refractivity contribution is 6.34. The second-order valence-electron chi connectivity index (χ2n) is 11.3. The van der Waals surface area contributed by atoms with Crippen molar-refractivity contribution in [2.24, 2.45) is 0 Å². The van der Waals surface area contributed by atoms with E-state index in [1.807, 2.05) is 0 Å². The van der Waals surface area contributed by atoms with Crippen LogP contribution in [0.2, 0.25) is 5.02 Å². The van der Waals surface area contributed by atoms with Crippen LogP contribution >= 0.6 is 11.6 Å². The first-order valence-electron chi connectivity index (χ1n) is 15.2. The smallest absolute Gasteiger partial charge is 0.326 e. The van der Waals surface area contributed by atoms with Gasteiger partial charge in [-0.15, -0.1) is 0 Å². The monoisotopic (exact) mass is 718 g/mol. The lowest BCUT2D eigenvalue weighted by atomic mass is 10.0. The molecule has 0 aliphatic carbocycles. The summed E-state index contributed by atoms with van der Waals surface area (Å²) in [6, 6.07) is -0.110. The second-order valence-corrected chi connectivity index (χ2v) is 11.7. The highest BCUT2D eigenvalue weighted by atomic mass is 35.5. The van der Waals surface area contributed by atoms with Gasteiger partial charge in [-0.1, -0.05) is 17.7 Å². The molecule has 0 saturated carbocycles. The Morgan fingerprint density at radius 1 is 0.800 bits per heavy atom. The zero-order valence-corrected chi connectivity index (χ0v) is 27.3. The summed E-state index contributed by atoms with van der Waals surface area (Å²) < 4.78 is 0. The van der Waals surface area contributed by atoms with Crippen LogP contribution in [0.15, 0.2) is 29.2 Å². The second kappa shape index (κ2) is 17.6. The molecule has 0 spiro atoms. The van der Waals surface area contributed by atoms with Crippen LogP contribution in [0.4, 0.5) is 0 Å². The number of carbonyl (C=O) groups is 7. The summed E-state index contributed by atoms with van der Waals surface area (Å²) in [4.78, 5) is 105. The number of aryl methyl sites for hydroxylation is 3. The minimum atomic E-state index is -1.59. The molecule has 0 bridgehead atoms. The Bertz CT molecular complexity index is 1850. The van der Waals surface area contributed by atoms with Gasteiger partial charge in [0.2, 0.25) is 11.8 Å². The van der Waals surface area contributed by atoms with E-state index in [1.54, 1.807) is 19.2 Å². The van der Waals surface area contributed by atoms with Crippen LogP contribution in [-0.4, -0.2) is 95.1 Å². The number of halogens is 1. The quantitative estimate of drug-likeness (QED) is 0.0827. The summed E-state index contributed by atoms with van der Waals surface area (Å²) in [6.07, 6.45) is -0.276. The van der Waals surface area contributed by atoms with Crippen molar-refractivity contribution in [1.82, 2.24) is 30.9 Å². The minimum Gasteiger partial charge on any atom is -0.481 e. The zero-order chi connectivity index (χ0) is 37.1. The maximum atomic E-state index is 12.9. The molecule has 0 aliphatic rings. The van der Waals surface area contributed by atoms with Gasteiger partial charge in [-0.25, -0.2) is 19.4 Å². The normalized spacial score (nSPS) is 12.8. The molecule has 3 atom stereocenters. The number of aliphatic carboxylic acids is 4. The van der Waals surface area contributed by atoms with Crippen molar-refractivity contribution < 1.29 is 54.0 Å². The van der Waals surface area contributed by atoms with Crippen molar-refractivity contribution in [3.8, 4) is 0 Å². The lowest BCUT2D eigenvalue weighted by molar-refractivity contribution is -0.144. The molecule has 3 amide bonds. The molecule has 0 unspecified atom stereocenters. The number of nitrogens with zero attached hydrogens (tertiary/aromatic N) is 1. The summed E-state index contributed by atoms with van der Waals surface area (Å²) in [5.74, 6) is -7.89. The molecule has 50 heavy (non-hydrogen) atoms. The molecule has 0 fully saturated rings. The number of amides is 3. The predicted molar refractivity (Wildman–Crippen MR) is 174 cm³/mol. The van der Waals surface area contributed by atoms with Crippen molar-refractivity contribution in [1.29, 1.82) is 0 Å². The number of carboxylic acids is 4. The Labute approximate surface area is 287 Å². The van der Waals surface area contributed by atoms with Crippen LogP contribution in [0, 0.1) is 6.92 Å². The summed E-state index contributed by atoms with van der Waals surface area (Å²) in [5, 5.41) is 44.0. The van der Waals surface area contributed by atoms with Crippen molar-refractivity contribution in [3.63, 3.8) is 0 Å². The van der Waals surface area contributed by atoms with Gasteiger partial charge >= 0.3 is 23.9 Å². The molecule has 1 aromatic carbocycles. The lowest BCUT2D eigenvalue weighted by Gasteiger charge is -2.18. The van der Waals surface area contributed by atoms with Gasteiger partial charge in [0.15, 0.2) is 0 Å². The van der Waals surface area contributed by atoms with Crippen LogP contribution in [0.5, 0.6) is 0 Å². The van der Waals surface area contributed by atoms with E-state index in [4.69, 9.17) is 21.8 Å².